The van der Waals surface area contributed by atoms with Crippen LogP contribution >= 0.6 is 0 Å². The fraction of sp³-hybridized carbons (Fsp3) is 0.500. The van der Waals surface area contributed by atoms with Gasteiger partial charge in [0.1, 0.15) is 6.54 Å². The van der Waals surface area contributed by atoms with E-state index in [0.717, 1.165) is 0 Å². The Morgan fingerprint density at radius 3 is 2.63 bits per heavy atom. The molecule has 0 unspecified atom stereocenters. The Labute approximate surface area is 111 Å². The van der Waals surface area contributed by atoms with Gasteiger partial charge in [0.15, 0.2) is 0 Å². The molecule has 1 aromatic rings. The number of rotatable bonds is 5. The average molecular weight is 267 g/mol. The third-order valence-corrected chi connectivity index (χ3v) is 2.40. The Hall–Kier alpha value is -2.18. The van der Waals surface area contributed by atoms with Gasteiger partial charge in [-0.2, -0.15) is 0 Å². The molecule has 0 saturated carbocycles. The van der Waals surface area contributed by atoms with E-state index in [1.165, 1.54) is 18.2 Å². The van der Waals surface area contributed by atoms with Crippen molar-refractivity contribution >= 4 is 17.9 Å². The highest BCUT2D eigenvalue weighted by Gasteiger charge is 2.15. The molecule has 0 radical (unpaired) electrons. The summed E-state index contributed by atoms with van der Waals surface area (Å²) in [6.07, 6.45) is 1.39. The fourth-order valence-electron chi connectivity index (χ4n) is 1.38. The monoisotopic (exact) mass is 267 g/mol. The lowest BCUT2D eigenvalue weighted by molar-refractivity contribution is -0.138. The van der Waals surface area contributed by atoms with Gasteiger partial charge in [-0.25, -0.2) is 14.8 Å². The van der Waals surface area contributed by atoms with Crippen LogP contribution in [-0.2, 0) is 14.3 Å². The van der Waals surface area contributed by atoms with E-state index >= 15 is 0 Å². The number of methoxy groups -OCH3 is 1. The number of esters is 2. The number of hydrogen-bond donors (Lipinski definition) is 0. The fourth-order valence-corrected chi connectivity index (χ4v) is 1.38. The Kier molecular flexibility index (Phi) is 5.23. The van der Waals surface area contributed by atoms with Crippen LogP contribution in [-0.4, -0.2) is 49.2 Å². The van der Waals surface area contributed by atoms with E-state index in [0.29, 0.717) is 23.8 Å². The molecule has 1 heterocycles. The van der Waals surface area contributed by atoms with Crippen LogP contribution in [0.15, 0.2) is 6.20 Å². The predicted molar refractivity (Wildman–Crippen MR) is 68.0 cm³/mol. The number of likely N-dealkylation sites (N-methyl/N-ethyl adjacent to an activating group) is 1. The maximum absolute atomic E-state index is 11.6. The van der Waals surface area contributed by atoms with E-state index in [2.05, 4.69) is 14.7 Å². The van der Waals surface area contributed by atoms with Crippen LogP contribution in [0.4, 0.5) is 5.95 Å². The van der Waals surface area contributed by atoms with Crippen LogP contribution in [0.25, 0.3) is 0 Å². The summed E-state index contributed by atoms with van der Waals surface area (Å²) in [4.78, 5) is 32.5. The van der Waals surface area contributed by atoms with E-state index in [9.17, 15) is 9.59 Å². The Balaban J connectivity index is 2.87. The van der Waals surface area contributed by atoms with Gasteiger partial charge in [0.2, 0.25) is 5.95 Å². The van der Waals surface area contributed by atoms with Crippen molar-refractivity contribution < 1.29 is 19.1 Å². The zero-order valence-electron chi connectivity index (χ0n) is 11.5. The molecule has 0 aliphatic rings. The first-order valence-electron chi connectivity index (χ1n) is 5.78. The van der Waals surface area contributed by atoms with Gasteiger partial charge in [0, 0.05) is 13.2 Å². The average Bonchev–Trinajstić information content (AvgIpc) is 2.38. The molecule has 0 fully saturated rings. The second-order valence-corrected chi connectivity index (χ2v) is 3.82. The summed E-state index contributed by atoms with van der Waals surface area (Å²) in [5.41, 5.74) is 0.817. The second kappa shape index (κ2) is 6.67. The molecule has 0 bridgehead atoms. The van der Waals surface area contributed by atoms with Crippen molar-refractivity contribution in [2.24, 2.45) is 0 Å². The van der Waals surface area contributed by atoms with Crippen LogP contribution in [0.3, 0.4) is 0 Å². The molecule has 19 heavy (non-hydrogen) atoms. The van der Waals surface area contributed by atoms with Gasteiger partial charge in [-0.3, -0.25) is 4.79 Å². The molecule has 1 rings (SSSR count). The van der Waals surface area contributed by atoms with E-state index in [1.807, 2.05) is 0 Å². The van der Waals surface area contributed by atoms with Gasteiger partial charge in [0.25, 0.3) is 0 Å². The lowest BCUT2D eigenvalue weighted by Crippen LogP contribution is -2.28. The van der Waals surface area contributed by atoms with E-state index in [1.54, 1.807) is 20.9 Å². The number of hydrogen-bond acceptors (Lipinski definition) is 7. The minimum absolute atomic E-state index is 0.0364. The largest absolute Gasteiger partial charge is 0.468 e. The highest BCUT2D eigenvalue weighted by molar-refractivity contribution is 5.90. The maximum Gasteiger partial charge on any atom is 0.341 e. The predicted octanol–water partition coefficient (Wildman–Crippen LogP) is 0.571. The van der Waals surface area contributed by atoms with Crippen molar-refractivity contribution in [3.8, 4) is 0 Å². The first kappa shape index (κ1) is 14.9. The molecule has 0 aliphatic heterocycles. The third-order valence-electron chi connectivity index (χ3n) is 2.40. The number of anilines is 1. The summed E-state index contributed by atoms with van der Waals surface area (Å²) in [5, 5.41) is 0. The smallest absolute Gasteiger partial charge is 0.341 e. The highest BCUT2D eigenvalue weighted by atomic mass is 16.5. The number of aromatic nitrogens is 2. The number of aryl methyl sites for hydroxylation is 1. The van der Waals surface area contributed by atoms with Crippen LogP contribution in [0.1, 0.15) is 23.0 Å². The number of ether oxygens (including phenoxy) is 2. The quantitative estimate of drug-likeness (QED) is 0.721. The Morgan fingerprint density at radius 1 is 1.42 bits per heavy atom. The molecular weight excluding hydrogens is 250 g/mol. The van der Waals surface area contributed by atoms with Gasteiger partial charge >= 0.3 is 11.9 Å². The first-order valence-corrected chi connectivity index (χ1v) is 5.78. The van der Waals surface area contributed by atoms with Crippen LogP contribution in [0.2, 0.25) is 0 Å². The van der Waals surface area contributed by atoms with E-state index in [-0.39, 0.29) is 6.54 Å². The minimum atomic E-state index is -0.456. The van der Waals surface area contributed by atoms with Gasteiger partial charge in [0.05, 0.1) is 25.0 Å². The zero-order valence-corrected chi connectivity index (χ0v) is 11.5. The van der Waals surface area contributed by atoms with Crippen LogP contribution in [0, 0.1) is 6.92 Å². The van der Waals surface area contributed by atoms with Gasteiger partial charge in [-0.15, -0.1) is 0 Å². The molecule has 0 saturated heterocycles. The van der Waals surface area contributed by atoms with Crippen molar-refractivity contribution in [1.82, 2.24) is 9.97 Å². The molecule has 0 atom stereocenters. The molecular formula is C12H17N3O4. The van der Waals surface area contributed by atoms with E-state index < -0.39 is 11.9 Å². The van der Waals surface area contributed by atoms with Crippen molar-refractivity contribution in [3.63, 3.8) is 0 Å². The molecule has 0 N–H and O–H groups in total. The second-order valence-electron chi connectivity index (χ2n) is 3.82. The molecule has 7 heteroatoms. The van der Waals surface area contributed by atoms with Crippen molar-refractivity contribution in [3.05, 3.63) is 17.5 Å². The van der Waals surface area contributed by atoms with Gasteiger partial charge < -0.3 is 14.4 Å². The maximum atomic E-state index is 11.6. The van der Waals surface area contributed by atoms with E-state index in [4.69, 9.17) is 4.74 Å². The standard InChI is InChI=1S/C12H17N3O4/c1-5-19-11(17)9-6-13-12(14-8(9)2)15(3)7-10(16)18-4/h6H,5,7H2,1-4H3. The topological polar surface area (TPSA) is 81.6 Å². The minimum Gasteiger partial charge on any atom is -0.468 e. The zero-order chi connectivity index (χ0) is 14.4. The molecule has 104 valence electrons. The molecule has 0 aromatic carbocycles. The summed E-state index contributed by atoms with van der Waals surface area (Å²) in [5.74, 6) is -0.503. The Bertz CT molecular complexity index is 476. The number of nitrogens with zero attached hydrogens (tertiary/aromatic N) is 3. The number of carbonyl (C=O) groups is 2. The summed E-state index contributed by atoms with van der Waals surface area (Å²) >= 11 is 0. The summed E-state index contributed by atoms with van der Waals surface area (Å²) < 4.78 is 9.44. The van der Waals surface area contributed by atoms with Crippen molar-refractivity contribution in [2.75, 3.05) is 32.2 Å². The summed E-state index contributed by atoms with van der Waals surface area (Å²) in [6, 6.07) is 0. The van der Waals surface area contributed by atoms with Gasteiger partial charge in [-0.1, -0.05) is 0 Å². The third kappa shape index (κ3) is 3.90. The normalized spacial score (nSPS) is 9.89. The Morgan fingerprint density at radius 2 is 2.11 bits per heavy atom. The summed E-state index contributed by atoms with van der Waals surface area (Å²) in [7, 11) is 2.97. The molecule has 7 nitrogen and oxygen atoms in total. The number of carbonyl (C=O) groups excluding carboxylic acids is 2. The summed E-state index contributed by atoms with van der Waals surface area (Å²) in [6.45, 7) is 3.74. The lowest BCUT2D eigenvalue weighted by atomic mass is 10.2. The first-order chi connectivity index (χ1) is 8.99. The highest BCUT2D eigenvalue weighted by Crippen LogP contribution is 2.11. The molecule has 1 aromatic heterocycles. The molecule has 0 spiro atoms. The van der Waals surface area contributed by atoms with Crippen molar-refractivity contribution in [2.45, 2.75) is 13.8 Å². The molecule has 0 aliphatic carbocycles. The van der Waals surface area contributed by atoms with Crippen molar-refractivity contribution in [1.29, 1.82) is 0 Å². The molecule has 0 amide bonds. The lowest BCUT2D eigenvalue weighted by Gasteiger charge is -2.16. The SMILES string of the molecule is CCOC(=O)c1cnc(N(C)CC(=O)OC)nc1C. The van der Waals surface area contributed by atoms with Crippen LogP contribution < -0.4 is 4.90 Å². The van der Waals surface area contributed by atoms with Gasteiger partial charge in [-0.05, 0) is 13.8 Å². The van der Waals surface area contributed by atoms with Crippen LogP contribution in [0.5, 0.6) is 0 Å².